The highest BCUT2D eigenvalue weighted by atomic mass is 31.3. The van der Waals surface area contributed by atoms with Crippen LogP contribution in [0.5, 0.6) is 46.0 Å². The van der Waals surface area contributed by atoms with Gasteiger partial charge in [-0.05, 0) is 140 Å². The van der Waals surface area contributed by atoms with Gasteiger partial charge in [0, 0.05) is 4.60 Å². The Kier molecular flexibility index (Phi) is 17.3. The van der Waals surface area contributed by atoms with Crippen molar-refractivity contribution in [3.63, 3.8) is 0 Å². The smallest absolute Gasteiger partial charge is 0.332 e. The molecule has 7 rings (SSSR count). The van der Waals surface area contributed by atoms with Crippen LogP contribution in [0.4, 0.5) is 0 Å². The van der Waals surface area contributed by atoms with E-state index in [4.69, 9.17) is 56.9 Å². The Morgan fingerprint density at radius 1 is 0.413 bits per heavy atom. The van der Waals surface area contributed by atoms with Gasteiger partial charge in [0.05, 0.1) is 8.88 Å². The van der Waals surface area contributed by atoms with E-state index in [9.17, 15) is 0 Å². The Morgan fingerprint density at radius 2 is 0.810 bits per heavy atom. The number of rotatable bonds is 22. The molecule has 330 valence electrons. The van der Waals surface area contributed by atoms with Gasteiger partial charge >= 0.3 is 8.45 Å². The minimum absolute atomic E-state index is 0.163. The third-order valence-corrected chi connectivity index (χ3v) is 14.8. The zero-order chi connectivity index (χ0) is 43.8. The SMILES string of the molecule is NCCc1ccccc1Oc1cccc(OP2NPN(Oc3ccccc3CCN)P(Oc3ccccc3CCN)N2Oc2ccccc2CCN)c1Oc1ccccc1CCN. The third kappa shape index (κ3) is 12.0. The fourth-order valence-electron chi connectivity index (χ4n) is 6.70. The first kappa shape index (κ1) is 46.1. The van der Waals surface area contributed by atoms with E-state index in [1.165, 1.54) is 0 Å². The van der Waals surface area contributed by atoms with Gasteiger partial charge in [-0.25, -0.2) is 4.86 Å². The summed E-state index contributed by atoms with van der Waals surface area (Å²) in [5.74, 6) is 4.31. The Balaban J connectivity index is 1.35. The van der Waals surface area contributed by atoms with Crippen molar-refractivity contribution < 1.29 is 28.2 Å². The van der Waals surface area contributed by atoms with Gasteiger partial charge in [-0.15, -0.1) is 0 Å². The molecule has 63 heavy (non-hydrogen) atoms. The van der Waals surface area contributed by atoms with Crippen molar-refractivity contribution in [2.45, 2.75) is 32.1 Å². The zero-order valence-electron chi connectivity index (χ0n) is 35.0. The quantitative estimate of drug-likeness (QED) is 0.0354. The van der Waals surface area contributed by atoms with Gasteiger partial charge in [0.25, 0.3) is 8.45 Å². The first-order chi connectivity index (χ1) is 31.0. The molecule has 0 amide bonds. The van der Waals surface area contributed by atoms with Gasteiger partial charge in [0.15, 0.2) is 23.0 Å². The van der Waals surface area contributed by atoms with Crippen LogP contribution in [-0.2, 0) is 32.1 Å². The lowest BCUT2D eigenvalue weighted by molar-refractivity contribution is 0.0661. The summed E-state index contributed by atoms with van der Waals surface area (Å²) < 4.78 is 31.2. The predicted molar refractivity (Wildman–Crippen MR) is 254 cm³/mol. The molecule has 3 unspecified atom stereocenters. The van der Waals surface area contributed by atoms with Gasteiger partial charge in [0.1, 0.15) is 17.2 Å². The van der Waals surface area contributed by atoms with E-state index in [2.05, 4.69) is 4.86 Å². The summed E-state index contributed by atoms with van der Waals surface area (Å²) >= 11 is 0. The molecule has 14 nitrogen and oxygen atoms in total. The van der Waals surface area contributed by atoms with E-state index in [1.54, 1.807) is 9.21 Å². The van der Waals surface area contributed by atoms with Crippen LogP contribution < -0.4 is 61.7 Å². The fourth-order valence-corrected chi connectivity index (χ4v) is 12.3. The maximum absolute atomic E-state index is 7.11. The lowest BCUT2D eigenvalue weighted by Gasteiger charge is -2.42. The lowest BCUT2D eigenvalue weighted by Crippen LogP contribution is -2.37. The molecule has 0 bridgehead atoms. The van der Waals surface area contributed by atoms with Crippen LogP contribution in [0.15, 0.2) is 140 Å². The molecule has 1 fully saturated rings. The van der Waals surface area contributed by atoms with E-state index < -0.39 is 16.9 Å². The third-order valence-electron chi connectivity index (χ3n) is 9.73. The van der Waals surface area contributed by atoms with Crippen molar-refractivity contribution in [1.29, 1.82) is 0 Å². The van der Waals surface area contributed by atoms with Crippen molar-refractivity contribution in [3.8, 4) is 46.0 Å². The normalized spacial score (nSPS) is 15.8. The largest absolute Gasteiger partial charge is 0.453 e. The van der Waals surface area contributed by atoms with Crippen molar-refractivity contribution in [3.05, 3.63) is 167 Å². The molecule has 6 aromatic carbocycles. The number of benzene rings is 6. The molecular formula is C46H55N8O6P3. The van der Waals surface area contributed by atoms with Crippen LogP contribution in [0.1, 0.15) is 27.8 Å². The molecule has 6 aromatic rings. The monoisotopic (exact) mass is 908 g/mol. The Bertz CT molecular complexity index is 2380. The minimum atomic E-state index is -1.98. The first-order valence-corrected chi connectivity index (χ1v) is 24.2. The van der Waals surface area contributed by atoms with Crippen LogP contribution in [0.3, 0.4) is 0 Å². The number of nitrogens with two attached hydrogens (primary N) is 5. The maximum Gasteiger partial charge on any atom is 0.332 e. The number of hydrogen-bond donors (Lipinski definition) is 6. The second-order valence-electron chi connectivity index (χ2n) is 14.2. The van der Waals surface area contributed by atoms with Crippen LogP contribution in [-0.4, -0.2) is 41.9 Å². The number of ether oxygens (including phenoxy) is 2. The maximum atomic E-state index is 7.11. The number of nitrogens with zero attached hydrogens (tertiary/aromatic N) is 2. The standard InChI is InChI=1S/C46H55N8O6P3/c47-29-24-34-12-1-6-17-39(34)55-44-22-11-23-45(46(44)56-40-18-7-2-13-35(40)25-30-48)59-62-52-61-53(57-41-19-8-3-14-36(41)26-31-49)63(60-43-21-10-5-16-38(43)28-33-51)54(62)58-42-20-9-4-15-37(42)27-32-50/h1-23,52,61H,24-33,47-51H2. The van der Waals surface area contributed by atoms with Crippen molar-refractivity contribution >= 4 is 25.8 Å². The van der Waals surface area contributed by atoms with Crippen molar-refractivity contribution in [1.82, 2.24) is 14.1 Å². The molecular weight excluding hydrogens is 853 g/mol. The highest BCUT2D eigenvalue weighted by Gasteiger charge is 2.47. The Morgan fingerprint density at radius 3 is 1.33 bits per heavy atom. The molecule has 1 aliphatic rings. The van der Waals surface area contributed by atoms with Crippen LogP contribution >= 0.6 is 25.8 Å². The summed E-state index contributed by atoms with van der Waals surface area (Å²) in [5, 5.41) is 0. The highest BCUT2D eigenvalue weighted by molar-refractivity contribution is 7.74. The number of hydrogen-bond acceptors (Lipinski definition) is 14. The fraction of sp³-hybridized carbons (Fsp3) is 0.217. The van der Waals surface area contributed by atoms with Crippen LogP contribution in [0.2, 0.25) is 0 Å². The van der Waals surface area contributed by atoms with Gasteiger partial charge < -0.3 is 56.9 Å². The first-order valence-electron chi connectivity index (χ1n) is 20.9. The summed E-state index contributed by atoms with van der Waals surface area (Å²) in [5.41, 5.74) is 35.0. The molecule has 1 aliphatic heterocycles. The molecule has 0 spiro atoms. The lowest BCUT2D eigenvalue weighted by atomic mass is 10.1. The summed E-state index contributed by atoms with van der Waals surface area (Å²) in [4.78, 5) is 17.4. The zero-order valence-corrected chi connectivity index (χ0v) is 37.8. The molecule has 11 N–H and O–H groups in total. The van der Waals surface area contributed by atoms with Crippen LogP contribution in [0.25, 0.3) is 0 Å². The topological polar surface area (TPSA) is 204 Å². The number of nitrogens with one attached hydrogen (secondary N) is 1. The van der Waals surface area contributed by atoms with E-state index in [0.29, 0.717) is 111 Å². The average molecular weight is 909 g/mol. The Labute approximate surface area is 373 Å². The minimum Gasteiger partial charge on any atom is -0.453 e. The molecule has 0 aliphatic carbocycles. The van der Waals surface area contributed by atoms with Gasteiger partial charge in [0.2, 0.25) is 5.75 Å². The predicted octanol–water partition coefficient (Wildman–Crippen LogP) is 8.39. The second kappa shape index (κ2) is 23.7. The molecule has 0 aromatic heterocycles. The van der Waals surface area contributed by atoms with Crippen molar-refractivity contribution in [2.24, 2.45) is 28.7 Å². The van der Waals surface area contributed by atoms with E-state index in [-0.39, 0.29) is 8.88 Å². The van der Waals surface area contributed by atoms with E-state index in [1.807, 2.05) is 140 Å². The molecule has 0 saturated carbocycles. The molecule has 1 heterocycles. The summed E-state index contributed by atoms with van der Waals surface area (Å²) in [6.45, 7) is 2.21. The van der Waals surface area contributed by atoms with E-state index in [0.717, 1.165) is 27.8 Å². The summed E-state index contributed by atoms with van der Waals surface area (Å²) in [7, 11) is -4.05. The molecule has 17 heteroatoms. The number of para-hydroxylation sites is 6. The van der Waals surface area contributed by atoms with Gasteiger partial charge in [-0.3, -0.25) is 0 Å². The van der Waals surface area contributed by atoms with Gasteiger partial charge in [-0.2, -0.15) is 0 Å². The second-order valence-corrected chi connectivity index (χ2v) is 18.9. The molecule has 1 saturated heterocycles. The van der Waals surface area contributed by atoms with E-state index >= 15 is 0 Å². The summed E-state index contributed by atoms with van der Waals surface area (Å²) in [6, 6.07) is 44.6. The Hall–Kier alpha value is -4.91. The van der Waals surface area contributed by atoms with Crippen molar-refractivity contribution in [2.75, 3.05) is 32.7 Å². The molecule has 3 atom stereocenters. The van der Waals surface area contributed by atoms with Gasteiger partial charge in [-0.1, -0.05) is 97.1 Å². The highest BCUT2D eigenvalue weighted by Crippen LogP contribution is 2.67. The molecule has 0 radical (unpaired) electrons. The van der Waals surface area contributed by atoms with Crippen LogP contribution in [0, 0.1) is 0 Å². The summed E-state index contributed by atoms with van der Waals surface area (Å²) in [6.07, 6.45) is 3.02. The average Bonchev–Trinajstić information content (AvgIpc) is 3.30.